The van der Waals surface area contributed by atoms with Crippen molar-refractivity contribution in [1.82, 2.24) is 0 Å². The highest BCUT2D eigenvalue weighted by Crippen LogP contribution is 2.76. The zero-order valence-electron chi connectivity index (χ0n) is 33.3. The van der Waals surface area contributed by atoms with Crippen LogP contribution in [-0.4, -0.2) is 148 Å². The summed E-state index contributed by atoms with van der Waals surface area (Å²) in [6.07, 6.45) is -8.10. The number of rotatable bonds is 14. The summed E-state index contributed by atoms with van der Waals surface area (Å²) < 4.78 is 675. The molecule has 1 rings (SSSR count). The number of carbonyl (C=O) groups excluding carboxylic acids is 1. The monoisotopic (exact) mass is 1270 g/mol. The minimum Gasteiger partial charge on any atom is -0.393 e. The standard InChI is InChI=1S/C28H5F47O2/c1-3(2)4(76)77-28(74,75)27(72,73)26(70,71)25(68,69)24(66,67)23(64,65)22(62,63)20(58,59)17(52,53)14(46,47)11(40,41)8(34,35)5(29)6(30,31)9(36,37)12(42,43)15(48,49)18(54,55)21(60,61)19(56,57)16(50,51)13(44,45)10(38,39)7(5,32)33/h1H2,2H3. The molecule has 0 amide bonds. The van der Waals surface area contributed by atoms with Crippen LogP contribution in [0.5, 0.6) is 0 Å². The van der Waals surface area contributed by atoms with Crippen molar-refractivity contribution in [2.45, 2.75) is 149 Å². The third-order valence-corrected chi connectivity index (χ3v) is 10.1. The van der Waals surface area contributed by atoms with E-state index < -0.39 is 154 Å². The number of alkyl halides is 47. The van der Waals surface area contributed by atoms with E-state index in [1.54, 1.807) is 0 Å². The summed E-state index contributed by atoms with van der Waals surface area (Å²) in [6.45, 7) is 2.08. The van der Waals surface area contributed by atoms with Gasteiger partial charge in [0.15, 0.2) is 0 Å². The highest BCUT2D eigenvalue weighted by atomic mass is 19.4. The van der Waals surface area contributed by atoms with Crippen LogP contribution in [0.15, 0.2) is 12.2 Å². The fraction of sp³-hybridized carbons (Fsp3) is 0.893. The molecule has 0 aliphatic heterocycles. The lowest BCUT2D eigenvalue weighted by Gasteiger charge is -2.53. The lowest BCUT2D eigenvalue weighted by atomic mass is 9.70. The van der Waals surface area contributed by atoms with E-state index in [9.17, 15) is 198 Å². The average Bonchev–Trinajstić information content (AvgIpc) is 3.20. The second-order valence-corrected chi connectivity index (χ2v) is 15.0. The maximum absolute atomic E-state index is 15.6. The van der Waals surface area contributed by atoms with E-state index in [2.05, 4.69) is 6.58 Å². The Labute approximate surface area is 384 Å². The molecule has 0 spiro atoms. The van der Waals surface area contributed by atoms with E-state index in [4.69, 9.17) is 0 Å². The summed E-state index contributed by atoms with van der Waals surface area (Å²) in [4.78, 5) is 11.0. The Morgan fingerprint density at radius 2 is 0.416 bits per heavy atom. The lowest BCUT2D eigenvalue weighted by molar-refractivity contribution is -0.520. The van der Waals surface area contributed by atoms with Crippen molar-refractivity contribution >= 4 is 5.97 Å². The molecule has 0 saturated heterocycles. The van der Waals surface area contributed by atoms with Gasteiger partial charge in [0.05, 0.1) is 0 Å². The Morgan fingerprint density at radius 3 is 0.584 bits per heavy atom. The number of ether oxygens (including phenoxy) is 1. The van der Waals surface area contributed by atoms with Gasteiger partial charge in [-0.1, -0.05) is 6.58 Å². The maximum Gasteiger partial charge on any atom is 0.473 e. The Bertz CT molecular complexity index is 2210. The lowest BCUT2D eigenvalue weighted by Crippen LogP contribution is -2.88. The molecule has 0 aromatic rings. The minimum absolute atomic E-state index is 0.0589. The Morgan fingerprint density at radius 1 is 0.273 bits per heavy atom. The summed E-state index contributed by atoms with van der Waals surface area (Å²) in [7, 11) is 0. The SMILES string of the molecule is C=C(C)C(=O)OC(F)(F)C(F)(F)C(F)(F)C(F)(F)C(F)(F)C(F)(F)C(F)(F)C(F)(F)C(F)(F)C(F)(F)C(F)(F)C(F)(F)C1(F)C(F)(F)C(F)(F)C(F)(F)C(F)(F)C(F)(F)C(F)(F)C(F)(F)C(F)(F)C(F)(F)C(F)(F)C1(F)F. The van der Waals surface area contributed by atoms with Crippen LogP contribution in [0.1, 0.15) is 6.92 Å². The van der Waals surface area contributed by atoms with Crippen molar-refractivity contribution < 1.29 is 216 Å². The fourth-order valence-corrected chi connectivity index (χ4v) is 5.24. The van der Waals surface area contributed by atoms with Crippen molar-refractivity contribution in [3.63, 3.8) is 0 Å². The Balaban J connectivity index is 4.82. The van der Waals surface area contributed by atoms with Crippen LogP contribution < -0.4 is 0 Å². The largest absolute Gasteiger partial charge is 0.473 e. The minimum atomic E-state index is -12.2. The Hall–Kier alpha value is -4.08. The van der Waals surface area contributed by atoms with Crippen LogP contribution in [0, 0.1) is 0 Å². The number of carbonyl (C=O) groups is 1. The zero-order chi connectivity index (χ0) is 63.9. The third kappa shape index (κ3) is 7.20. The molecule has 458 valence electrons. The molecule has 0 N–H and O–H groups in total. The first-order valence-electron chi connectivity index (χ1n) is 16.6. The zero-order valence-corrected chi connectivity index (χ0v) is 33.3. The van der Waals surface area contributed by atoms with Crippen molar-refractivity contribution in [2.24, 2.45) is 0 Å². The maximum atomic E-state index is 15.6. The van der Waals surface area contributed by atoms with Gasteiger partial charge in [-0.3, -0.25) is 0 Å². The molecule has 0 unspecified atom stereocenters. The first kappa shape index (κ1) is 70.9. The summed E-state index contributed by atoms with van der Waals surface area (Å²) in [5.41, 5.74) is -14.0. The number of hydrogen-bond donors (Lipinski definition) is 0. The quantitative estimate of drug-likeness (QED) is 0.0984. The van der Waals surface area contributed by atoms with Gasteiger partial charge in [-0.2, -0.15) is 202 Å². The van der Waals surface area contributed by atoms with Crippen LogP contribution in [0.2, 0.25) is 0 Å². The predicted molar refractivity (Wildman–Crippen MR) is 139 cm³/mol. The predicted octanol–water partition coefficient (Wildman–Crippen LogP) is 15.4. The summed E-state index contributed by atoms with van der Waals surface area (Å²) in [5, 5.41) is 0. The second kappa shape index (κ2) is 16.8. The molecule has 0 heterocycles. The first-order valence-corrected chi connectivity index (χ1v) is 16.6. The van der Waals surface area contributed by atoms with Crippen LogP contribution >= 0.6 is 0 Å². The molecular formula is C28H5F47O2. The molecular weight excluding hydrogens is 1260 g/mol. The van der Waals surface area contributed by atoms with Gasteiger partial charge < -0.3 is 4.74 Å². The average molecular weight is 1270 g/mol. The number of esters is 1. The van der Waals surface area contributed by atoms with Crippen molar-refractivity contribution in [1.29, 1.82) is 0 Å². The van der Waals surface area contributed by atoms with Gasteiger partial charge >= 0.3 is 148 Å². The molecule has 77 heavy (non-hydrogen) atoms. The van der Waals surface area contributed by atoms with Gasteiger partial charge in [0.1, 0.15) is 0 Å². The molecule has 2 nitrogen and oxygen atoms in total. The third-order valence-electron chi connectivity index (χ3n) is 10.1. The van der Waals surface area contributed by atoms with E-state index in [0.717, 1.165) is 0 Å². The fourth-order valence-electron chi connectivity index (χ4n) is 5.24. The van der Waals surface area contributed by atoms with Crippen molar-refractivity contribution in [2.75, 3.05) is 0 Å². The van der Waals surface area contributed by atoms with E-state index in [1.807, 2.05) is 4.74 Å². The normalized spacial score (nSPS) is 24.9. The summed E-state index contributed by atoms with van der Waals surface area (Å²) in [6, 6.07) is 0. The molecule has 0 aromatic heterocycles. The van der Waals surface area contributed by atoms with Crippen LogP contribution in [-0.2, 0) is 9.53 Å². The molecule has 1 fully saturated rings. The first-order chi connectivity index (χ1) is 32.3. The summed E-state index contributed by atoms with van der Waals surface area (Å²) in [5.74, 6) is -241. The second-order valence-electron chi connectivity index (χ2n) is 15.0. The van der Waals surface area contributed by atoms with Crippen LogP contribution in [0.3, 0.4) is 0 Å². The topological polar surface area (TPSA) is 26.3 Å². The summed E-state index contributed by atoms with van der Waals surface area (Å²) >= 11 is 0. The molecule has 1 aliphatic rings. The van der Waals surface area contributed by atoms with Gasteiger partial charge in [0.2, 0.25) is 0 Å². The van der Waals surface area contributed by atoms with E-state index in [-0.39, 0.29) is 6.92 Å². The number of halogens is 47. The van der Waals surface area contributed by atoms with Gasteiger partial charge in [-0.05, 0) is 6.92 Å². The van der Waals surface area contributed by atoms with Crippen molar-refractivity contribution in [3.8, 4) is 0 Å². The van der Waals surface area contributed by atoms with E-state index in [1.165, 1.54) is 0 Å². The van der Waals surface area contributed by atoms with Gasteiger partial charge in [-0.15, -0.1) is 0 Å². The van der Waals surface area contributed by atoms with Crippen LogP contribution in [0.25, 0.3) is 0 Å². The van der Waals surface area contributed by atoms with E-state index >= 15 is 13.2 Å². The van der Waals surface area contributed by atoms with Crippen molar-refractivity contribution in [3.05, 3.63) is 12.2 Å². The molecule has 0 radical (unpaired) electrons. The molecule has 0 atom stereocenters. The molecule has 0 bridgehead atoms. The molecule has 49 heteroatoms. The van der Waals surface area contributed by atoms with Crippen LogP contribution in [0.4, 0.5) is 206 Å². The molecule has 1 aliphatic carbocycles. The van der Waals surface area contributed by atoms with Gasteiger partial charge in [-0.25, -0.2) is 9.18 Å². The number of hydrogen-bond acceptors (Lipinski definition) is 2. The highest BCUT2D eigenvalue weighted by molar-refractivity contribution is 5.87. The Kier molecular flexibility index (Phi) is 15.4. The molecule has 0 aromatic carbocycles. The smallest absolute Gasteiger partial charge is 0.393 e. The van der Waals surface area contributed by atoms with E-state index in [0.29, 0.717) is 0 Å². The highest BCUT2D eigenvalue weighted by Gasteiger charge is 3.09. The molecule has 1 saturated carbocycles. The van der Waals surface area contributed by atoms with Gasteiger partial charge in [0.25, 0.3) is 0 Å². The van der Waals surface area contributed by atoms with Gasteiger partial charge in [0, 0.05) is 5.57 Å².